The molecular weight excluding hydrogens is 378 g/mol. The lowest BCUT2D eigenvalue weighted by Crippen LogP contribution is -2.42. The van der Waals surface area contributed by atoms with Crippen molar-refractivity contribution in [3.8, 4) is 0 Å². The van der Waals surface area contributed by atoms with Crippen molar-refractivity contribution in [1.29, 1.82) is 0 Å². The lowest BCUT2D eigenvalue weighted by molar-refractivity contribution is -0.151. The number of carbonyl (C=O) groups excluding carboxylic acids is 2. The number of piperidine rings is 1. The molecule has 1 unspecified atom stereocenters. The summed E-state index contributed by atoms with van der Waals surface area (Å²) in [5, 5.41) is 0.768. The fraction of sp³-hybridized carbons (Fsp3) is 0.700. The number of aryl methyl sites for hydroxylation is 1. The van der Waals surface area contributed by atoms with E-state index in [4.69, 9.17) is 9.72 Å². The molecule has 8 heteroatoms. The van der Waals surface area contributed by atoms with E-state index >= 15 is 0 Å². The maximum atomic E-state index is 13.0. The van der Waals surface area contributed by atoms with Gasteiger partial charge in [-0.3, -0.25) is 19.0 Å². The lowest BCUT2D eigenvalue weighted by atomic mass is 9.96. The Morgan fingerprint density at radius 3 is 2.71 bits per heavy atom. The highest BCUT2D eigenvalue weighted by Gasteiger charge is 2.33. The molecule has 1 aromatic rings. The van der Waals surface area contributed by atoms with Crippen molar-refractivity contribution in [1.82, 2.24) is 14.5 Å². The van der Waals surface area contributed by atoms with Gasteiger partial charge in [-0.05, 0) is 45.4 Å². The van der Waals surface area contributed by atoms with Crippen molar-refractivity contribution in [2.75, 3.05) is 25.4 Å². The van der Waals surface area contributed by atoms with Gasteiger partial charge in [-0.1, -0.05) is 11.8 Å². The third-order valence-corrected chi connectivity index (χ3v) is 7.10. The van der Waals surface area contributed by atoms with Crippen molar-refractivity contribution >= 4 is 23.6 Å². The number of esters is 1. The van der Waals surface area contributed by atoms with Crippen LogP contribution in [0.5, 0.6) is 0 Å². The zero-order chi connectivity index (χ0) is 19.7. The third-order valence-electron chi connectivity index (χ3n) is 6.00. The Morgan fingerprint density at radius 1 is 1.21 bits per heavy atom. The first-order chi connectivity index (χ1) is 13.6. The van der Waals surface area contributed by atoms with Gasteiger partial charge in [-0.15, -0.1) is 0 Å². The van der Waals surface area contributed by atoms with E-state index in [1.807, 2.05) is 11.8 Å². The molecule has 0 N–H and O–H groups in total. The Labute approximate surface area is 168 Å². The normalized spacial score (nSPS) is 21.9. The molecule has 1 fully saturated rings. The Kier molecular flexibility index (Phi) is 5.75. The summed E-state index contributed by atoms with van der Waals surface area (Å²) in [5.41, 5.74) is 1.87. The van der Waals surface area contributed by atoms with Crippen LogP contribution in [0.1, 0.15) is 56.3 Å². The van der Waals surface area contributed by atoms with Crippen molar-refractivity contribution < 1.29 is 14.3 Å². The van der Waals surface area contributed by atoms with Gasteiger partial charge in [0.15, 0.2) is 5.16 Å². The summed E-state index contributed by atoms with van der Waals surface area (Å²) in [5.74, 6) is 0.518. The Bertz CT molecular complexity index is 829. The van der Waals surface area contributed by atoms with Gasteiger partial charge in [0.2, 0.25) is 5.91 Å². The fourth-order valence-corrected chi connectivity index (χ4v) is 5.57. The Morgan fingerprint density at radius 2 is 1.96 bits per heavy atom. The second-order valence-electron chi connectivity index (χ2n) is 7.78. The van der Waals surface area contributed by atoms with Gasteiger partial charge in [-0.25, -0.2) is 4.98 Å². The molecule has 0 radical (unpaired) electrons. The van der Waals surface area contributed by atoms with Crippen LogP contribution in [0.25, 0.3) is 0 Å². The molecule has 3 heterocycles. The molecule has 152 valence electrons. The number of carbonyl (C=O) groups is 2. The van der Waals surface area contributed by atoms with Crippen LogP contribution in [0.3, 0.4) is 0 Å². The molecule has 0 bridgehead atoms. The highest BCUT2D eigenvalue weighted by molar-refractivity contribution is 7.99. The monoisotopic (exact) mass is 405 g/mol. The summed E-state index contributed by atoms with van der Waals surface area (Å²) >= 11 is 1.58. The minimum atomic E-state index is -0.155. The van der Waals surface area contributed by atoms with E-state index in [-0.39, 0.29) is 29.4 Å². The van der Waals surface area contributed by atoms with E-state index < -0.39 is 0 Å². The predicted molar refractivity (Wildman–Crippen MR) is 105 cm³/mol. The van der Waals surface area contributed by atoms with Crippen LogP contribution >= 0.6 is 11.8 Å². The van der Waals surface area contributed by atoms with E-state index in [1.54, 1.807) is 16.3 Å². The molecule has 0 saturated carbocycles. The lowest BCUT2D eigenvalue weighted by Gasteiger charge is -2.31. The number of nitrogens with zero attached hydrogens (tertiary/aromatic N) is 3. The van der Waals surface area contributed by atoms with E-state index in [2.05, 4.69) is 0 Å². The minimum absolute atomic E-state index is 0.0588. The number of rotatable bonds is 4. The average Bonchev–Trinajstić information content (AvgIpc) is 3.11. The molecule has 1 atom stereocenters. The second kappa shape index (κ2) is 8.27. The zero-order valence-corrected chi connectivity index (χ0v) is 17.1. The first kappa shape index (κ1) is 19.5. The van der Waals surface area contributed by atoms with Gasteiger partial charge >= 0.3 is 5.97 Å². The smallest absolute Gasteiger partial charge is 0.309 e. The van der Waals surface area contributed by atoms with Crippen molar-refractivity contribution in [3.63, 3.8) is 0 Å². The molecule has 28 heavy (non-hydrogen) atoms. The number of amides is 1. The predicted octanol–water partition coefficient (Wildman–Crippen LogP) is 1.96. The Balaban J connectivity index is 1.41. The summed E-state index contributed by atoms with van der Waals surface area (Å²) in [6.07, 6.45) is 5.44. The quantitative estimate of drug-likeness (QED) is 0.563. The molecule has 3 aliphatic rings. The maximum Gasteiger partial charge on any atom is 0.309 e. The van der Waals surface area contributed by atoms with Crippen LogP contribution in [-0.4, -0.2) is 51.8 Å². The fourth-order valence-electron chi connectivity index (χ4n) is 4.42. The SMILES string of the molecule is CCOC(=O)C1CCN(C(=O)CC2CSc3nc4c(c(=O)n32)CCCC4)CC1. The molecule has 1 aromatic heterocycles. The highest BCUT2D eigenvalue weighted by atomic mass is 32.2. The second-order valence-corrected chi connectivity index (χ2v) is 8.77. The van der Waals surface area contributed by atoms with Crippen LogP contribution in [-0.2, 0) is 27.2 Å². The standard InChI is InChI=1S/C20H27N3O4S/c1-2-27-19(26)13-7-9-22(10-8-13)17(24)11-14-12-28-20-21-16-6-4-3-5-15(16)18(25)23(14)20/h13-14H,2-12H2,1H3. The first-order valence-corrected chi connectivity index (χ1v) is 11.3. The molecular formula is C20H27N3O4S. The topological polar surface area (TPSA) is 81.5 Å². The molecule has 4 rings (SSSR count). The van der Waals surface area contributed by atoms with Crippen LogP contribution in [0.15, 0.2) is 9.95 Å². The van der Waals surface area contributed by atoms with Crippen molar-refractivity contribution in [2.24, 2.45) is 5.92 Å². The summed E-state index contributed by atoms with van der Waals surface area (Å²) < 4.78 is 6.85. The van der Waals surface area contributed by atoms with E-state index in [1.165, 1.54) is 0 Å². The summed E-state index contributed by atoms with van der Waals surface area (Å²) in [6.45, 7) is 3.35. The van der Waals surface area contributed by atoms with Crippen LogP contribution < -0.4 is 5.56 Å². The Hall–Kier alpha value is -1.83. The molecule has 1 aliphatic carbocycles. The summed E-state index contributed by atoms with van der Waals surface area (Å²) in [4.78, 5) is 44.2. The van der Waals surface area contributed by atoms with E-state index in [0.29, 0.717) is 39.0 Å². The number of ether oxygens (including phenoxy) is 1. The van der Waals surface area contributed by atoms with Gasteiger partial charge in [0.25, 0.3) is 5.56 Å². The van der Waals surface area contributed by atoms with E-state index in [0.717, 1.165) is 47.8 Å². The minimum Gasteiger partial charge on any atom is -0.466 e. The number of likely N-dealkylation sites (tertiary alicyclic amines) is 1. The third kappa shape index (κ3) is 3.71. The van der Waals surface area contributed by atoms with Crippen LogP contribution in [0.4, 0.5) is 0 Å². The van der Waals surface area contributed by atoms with Gasteiger partial charge in [0.05, 0.1) is 24.3 Å². The molecule has 2 aliphatic heterocycles. The molecule has 0 spiro atoms. The summed E-state index contributed by atoms with van der Waals surface area (Å²) in [7, 11) is 0. The number of fused-ring (bicyclic) bond motifs is 2. The van der Waals surface area contributed by atoms with Crippen LogP contribution in [0, 0.1) is 5.92 Å². The van der Waals surface area contributed by atoms with Crippen LogP contribution in [0.2, 0.25) is 0 Å². The van der Waals surface area contributed by atoms with Gasteiger partial charge in [0, 0.05) is 30.8 Å². The molecule has 0 aromatic carbocycles. The molecule has 7 nitrogen and oxygen atoms in total. The summed E-state index contributed by atoms with van der Waals surface area (Å²) in [6, 6.07) is -0.123. The van der Waals surface area contributed by atoms with Crippen molar-refractivity contribution in [3.05, 3.63) is 21.6 Å². The van der Waals surface area contributed by atoms with Gasteiger partial charge in [0.1, 0.15) is 0 Å². The van der Waals surface area contributed by atoms with Crippen molar-refractivity contribution in [2.45, 2.75) is 63.1 Å². The van der Waals surface area contributed by atoms with Gasteiger partial charge < -0.3 is 9.64 Å². The maximum absolute atomic E-state index is 13.0. The first-order valence-electron chi connectivity index (χ1n) is 10.3. The van der Waals surface area contributed by atoms with Gasteiger partial charge in [-0.2, -0.15) is 0 Å². The molecule has 1 saturated heterocycles. The number of thioether (sulfide) groups is 1. The zero-order valence-electron chi connectivity index (χ0n) is 16.3. The highest BCUT2D eigenvalue weighted by Crippen LogP contribution is 2.34. The average molecular weight is 406 g/mol. The van der Waals surface area contributed by atoms with E-state index in [9.17, 15) is 14.4 Å². The largest absolute Gasteiger partial charge is 0.466 e. The molecule has 1 amide bonds. The number of aromatic nitrogens is 2. The number of hydrogen-bond acceptors (Lipinski definition) is 6. The number of hydrogen-bond donors (Lipinski definition) is 0.